The van der Waals surface area contributed by atoms with E-state index in [4.69, 9.17) is 14.6 Å². The molecule has 1 fully saturated rings. The van der Waals surface area contributed by atoms with Crippen LogP contribution in [0.5, 0.6) is 5.75 Å². The lowest BCUT2D eigenvalue weighted by molar-refractivity contribution is -0.139. The number of carbonyl (C=O) groups excluding carboxylic acids is 1. The third kappa shape index (κ3) is 5.55. The van der Waals surface area contributed by atoms with Crippen LogP contribution >= 0.6 is 0 Å². The third-order valence-electron chi connectivity index (χ3n) is 5.07. The second-order valence-corrected chi connectivity index (χ2v) is 7.80. The number of hydrogen-bond donors (Lipinski definition) is 2. The normalized spacial score (nSPS) is 23.3. The van der Waals surface area contributed by atoms with Crippen LogP contribution in [-0.2, 0) is 14.3 Å². The van der Waals surface area contributed by atoms with E-state index in [-0.39, 0.29) is 23.6 Å². The van der Waals surface area contributed by atoms with E-state index in [0.29, 0.717) is 12.0 Å². The van der Waals surface area contributed by atoms with Gasteiger partial charge >= 0.3 is 5.97 Å². The molecule has 0 aromatic heterocycles. The molecule has 3 rings (SSSR count). The van der Waals surface area contributed by atoms with Gasteiger partial charge in [0.1, 0.15) is 11.6 Å². The smallest absolute Gasteiger partial charge is 0.341 e. The molecule has 0 aliphatic carbocycles. The molecule has 1 amide bonds. The number of hydrogen-bond acceptors (Lipinski definition) is 4. The first kappa shape index (κ1) is 22.6. The van der Waals surface area contributed by atoms with Crippen molar-refractivity contribution in [2.45, 2.75) is 44.4 Å². The van der Waals surface area contributed by atoms with Crippen molar-refractivity contribution >= 4 is 11.9 Å². The second-order valence-electron chi connectivity index (χ2n) is 7.80. The van der Waals surface area contributed by atoms with Gasteiger partial charge < -0.3 is 19.9 Å². The number of halogens is 3. The van der Waals surface area contributed by atoms with Crippen LogP contribution in [0.1, 0.15) is 50.0 Å². The van der Waals surface area contributed by atoms with Crippen LogP contribution in [-0.4, -0.2) is 29.1 Å². The molecule has 3 atom stereocenters. The van der Waals surface area contributed by atoms with Crippen LogP contribution in [0.25, 0.3) is 0 Å². The van der Waals surface area contributed by atoms with E-state index < -0.39 is 47.8 Å². The molecule has 0 spiro atoms. The number of carbonyl (C=O) groups is 2. The van der Waals surface area contributed by atoms with Crippen molar-refractivity contribution in [2.75, 3.05) is 6.61 Å². The standard InChI is InChI=1S/C22H22F3NO5/c1-12(27)26-22(2)9-19(13-3-5-14(23)6-4-13)31-20(10-22)15-7-16(24)17(25)8-18(15)30-11-21(28)29/h3-8,19-20H,9-11H2,1-2H3,(H,26,27)(H,28,29)/t19-,20+,22-/m0/s1. The molecule has 0 bridgehead atoms. The second kappa shape index (κ2) is 8.97. The monoisotopic (exact) mass is 437 g/mol. The molecule has 9 heteroatoms. The SMILES string of the molecule is CC(=O)N[C@@]1(C)C[C@@H](c2ccc(F)cc2)O[C@@H](c2cc(F)c(F)cc2OCC(=O)O)C1. The number of carboxylic acid groups (broad SMARTS) is 1. The highest BCUT2D eigenvalue weighted by Crippen LogP contribution is 2.46. The fourth-order valence-corrected chi connectivity index (χ4v) is 3.84. The van der Waals surface area contributed by atoms with E-state index in [0.717, 1.165) is 12.1 Å². The number of rotatable bonds is 6. The molecular weight excluding hydrogens is 415 g/mol. The number of aliphatic carboxylic acids is 1. The third-order valence-corrected chi connectivity index (χ3v) is 5.07. The van der Waals surface area contributed by atoms with Gasteiger partial charge in [-0.05, 0) is 30.7 Å². The number of amides is 1. The quantitative estimate of drug-likeness (QED) is 0.712. The molecule has 1 heterocycles. The molecule has 166 valence electrons. The van der Waals surface area contributed by atoms with Gasteiger partial charge in [-0.15, -0.1) is 0 Å². The Hall–Kier alpha value is -3.07. The average Bonchev–Trinajstić information content (AvgIpc) is 2.67. The summed E-state index contributed by atoms with van der Waals surface area (Å²) in [5.74, 6) is -4.51. The minimum Gasteiger partial charge on any atom is -0.481 e. The predicted molar refractivity (Wildman–Crippen MR) is 104 cm³/mol. The Morgan fingerprint density at radius 2 is 1.74 bits per heavy atom. The molecule has 1 aliphatic heterocycles. The molecular formula is C22H22F3NO5. The lowest BCUT2D eigenvalue weighted by Crippen LogP contribution is -2.50. The van der Waals surface area contributed by atoms with E-state index >= 15 is 0 Å². The predicted octanol–water partition coefficient (Wildman–Crippen LogP) is 4.05. The molecule has 1 saturated heterocycles. The molecule has 0 radical (unpaired) electrons. The highest BCUT2D eigenvalue weighted by atomic mass is 19.2. The lowest BCUT2D eigenvalue weighted by Gasteiger charge is -2.43. The largest absolute Gasteiger partial charge is 0.481 e. The first-order chi connectivity index (χ1) is 14.6. The Labute approximate surface area is 177 Å². The zero-order valence-corrected chi connectivity index (χ0v) is 17.0. The van der Waals surface area contributed by atoms with Crippen LogP contribution < -0.4 is 10.1 Å². The van der Waals surface area contributed by atoms with Crippen LogP contribution in [0.4, 0.5) is 13.2 Å². The van der Waals surface area contributed by atoms with Crippen LogP contribution in [0, 0.1) is 17.5 Å². The molecule has 2 N–H and O–H groups in total. The summed E-state index contributed by atoms with van der Waals surface area (Å²) in [7, 11) is 0. The van der Waals surface area contributed by atoms with E-state index in [1.165, 1.54) is 19.1 Å². The Balaban J connectivity index is 2.01. The summed E-state index contributed by atoms with van der Waals surface area (Å²) in [5, 5.41) is 11.8. The van der Waals surface area contributed by atoms with Gasteiger partial charge in [-0.3, -0.25) is 4.79 Å². The molecule has 0 unspecified atom stereocenters. The van der Waals surface area contributed by atoms with Gasteiger partial charge in [0.15, 0.2) is 18.2 Å². The van der Waals surface area contributed by atoms with Gasteiger partial charge in [0.2, 0.25) is 5.91 Å². The van der Waals surface area contributed by atoms with E-state index in [1.54, 1.807) is 19.1 Å². The topological polar surface area (TPSA) is 84.9 Å². The highest BCUT2D eigenvalue weighted by molar-refractivity contribution is 5.73. The van der Waals surface area contributed by atoms with Gasteiger partial charge in [-0.1, -0.05) is 12.1 Å². The van der Waals surface area contributed by atoms with E-state index in [9.17, 15) is 22.8 Å². The van der Waals surface area contributed by atoms with Gasteiger partial charge in [0.05, 0.1) is 12.2 Å². The maximum absolute atomic E-state index is 14.1. The van der Waals surface area contributed by atoms with Gasteiger partial charge in [-0.25, -0.2) is 18.0 Å². The molecule has 0 saturated carbocycles. The summed E-state index contributed by atoms with van der Waals surface area (Å²) in [6.07, 6.45) is -0.918. The summed E-state index contributed by atoms with van der Waals surface area (Å²) < 4.78 is 52.5. The molecule has 2 aromatic carbocycles. The van der Waals surface area contributed by atoms with Crippen molar-refractivity contribution in [3.63, 3.8) is 0 Å². The van der Waals surface area contributed by atoms with Crippen molar-refractivity contribution in [2.24, 2.45) is 0 Å². The molecule has 6 nitrogen and oxygen atoms in total. The van der Waals surface area contributed by atoms with Gasteiger partial charge in [-0.2, -0.15) is 0 Å². The fourth-order valence-electron chi connectivity index (χ4n) is 3.84. The molecule has 1 aliphatic rings. The van der Waals surface area contributed by atoms with Gasteiger partial charge in [0, 0.05) is 36.9 Å². The number of ether oxygens (including phenoxy) is 2. The number of benzene rings is 2. The maximum atomic E-state index is 14.1. The fraction of sp³-hybridized carbons (Fsp3) is 0.364. The van der Waals surface area contributed by atoms with Gasteiger partial charge in [0.25, 0.3) is 0 Å². The minimum absolute atomic E-state index is 0.114. The van der Waals surface area contributed by atoms with Crippen LogP contribution in [0.15, 0.2) is 36.4 Å². The highest BCUT2D eigenvalue weighted by Gasteiger charge is 2.41. The van der Waals surface area contributed by atoms with E-state index in [2.05, 4.69) is 5.32 Å². The molecule has 2 aromatic rings. The zero-order valence-electron chi connectivity index (χ0n) is 17.0. The van der Waals surface area contributed by atoms with Crippen molar-refractivity contribution < 1.29 is 37.3 Å². The van der Waals surface area contributed by atoms with Crippen molar-refractivity contribution in [1.29, 1.82) is 0 Å². The van der Waals surface area contributed by atoms with Crippen LogP contribution in [0.3, 0.4) is 0 Å². The number of carboxylic acids is 1. The summed E-state index contributed by atoms with van der Waals surface area (Å²) in [6, 6.07) is 7.31. The molecule has 31 heavy (non-hydrogen) atoms. The van der Waals surface area contributed by atoms with E-state index in [1.807, 2.05) is 0 Å². The summed E-state index contributed by atoms with van der Waals surface area (Å²) in [6.45, 7) is 2.40. The van der Waals surface area contributed by atoms with Crippen LogP contribution in [0.2, 0.25) is 0 Å². The lowest BCUT2D eigenvalue weighted by atomic mass is 9.81. The Kier molecular flexibility index (Phi) is 6.54. The maximum Gasteiger partial charge on any atom is 0.341 e. The average molecular weight is 437 g/mol. The first-order valence-corrected chi connectivity index (χ1v) is 9.59. The number of nitrogens with one attached hydrogen (secondary N) is 1. The Morgan fingerprint density at radius 3 is 2.35 bits per heavy atom. The first-order valence-electron chi connectivity index (χ1n) is 9.59. The zero-order chi connectivity index (χ0) is 22.8. The summed E-state index contributed by atoms with van der Waals surface area (Å²) in [5.41, 5.74) is -0.0373. The minimum atomic E-state index is -1.28. The van der Waals surface area contributed by atoms with Crippen molar-refractivity contribution in [1.82, 2.24) is 5.32 Å². The Morgan fingerprint density at radius 1 is 1.13 bits per heavy atom. The summed E-state index contributed by atoms with van der Waals surface area (Å²) in [4.78, 5) is 22.7. The summed E-state index contributed by atoms with van der Waals surface area (Å²) >= 11 is 0. The van der Waals surface area contributed by atoms with Crippen molar-refractivity contribution in [3.05, 3.63) is 65.0 Å². The van der Waals surface area contributed by atoms with Crippen molar-refractivity contribution in [3.8, 4) is 5.75 Å². The Bertz CT molecular complexity index is 982.